The number of halogens is 1. The lowest BCUT2D eigenvalue weighted by Gasteiger charge is -2.37. The predicted octanol–water partition coefficient (Wildman–Crippen LogP) is 4.40. The van der Waals surface area contributed by atoms with Crippen molar-refractivity contribution in [3.05, 3.63) is 95.3 Å². The molecule has 6 nitrogen and oxygen atoms in total. The maximum atomic E-state index is 14.4. The van der Waals surface area contributed by atoms with Gasteiger partial charge in [-0.1, -0.05) is 42.5 Å². The number of Topliss-reactive ketones (excluding diaryl/α,β-unsaturated/α-hetero) is 2. The van der Waals surface area contributed by atoms with Gasteiger partial charge in [0.1, 0.15) is 17.0 Å². The van der Waals surface area contributed by atoms with Gasteiger partial charge in [-0.25, -0.2) is 4.39 Å². The zero-order valence-corrected chi connectivity index (χ0v) is 19.7. The molecule has 36 heavy (non-hydrogen) atoms. The van der Waals surface area contributed by atoms with Crippen LogP contribution in [0.3, 0.4) is 0 Å². The fourth-order valence-electron chi connectivity index (χ4n) is 6.26. The first kappa shape index (κ1) is 22.2. The number of fused-ring (bicyclic) bond motifs is 6. The molecule has 4 atom stereocenters. The molecule has 0 saturated carbocycles. The molecule has 1 saturated heterocycles. The summed E-state index contributed by atoms with van der Waals surface area (Å²) in [6.07, 6.45) is 3.59. The van der Waals surface area contributed by atoms with Gasteiger partial charge in [0, 0.05) is 22.5 Å². The molecule has 0 unspecified atom stereocenters. The Bertz CT molecular complexity index is 1480. The van der Waals surface area contributed by atoms with Crippen LogP contribution in [-0.2, 0) is 15.0 Å². The molecular formula is C29H23FN2O4. The van der Waals surface area contributed by atoms with Gasteiger partial charge in [0.2, 0.25) is 5.91 Å². The molecule has 0 aliphatic carbocycles. The van der Waals surface area contributed by atoms with Crippen LogP contribution in [0.1, 0.15) is 28.4 Å². The van der Waals surface area contributed by atoms with Gasteiger partial charge in [-0.05, 0) is 48.9 Å². The van der Waals surface area contributed by atoms with Gasteiger partial charge < -0.3 is 15.0 Å². The average Bonchev–Trinajstić information content (AvgIpc) is 3.36. The quantitative estimate of drug-likeness (QED) is 0.558. The van der Waals surface area contributed by atoms with E-state index in [1.807, 2.05) is 29.2 Å². The summed E-state index contributed by atoms with van der Waals surface area (Å²) in [5.41, 5.74) is 1.48. The number of carbonyl (C=O) groups excluding carboxylic acids is 3. The molecule has 3 aromatic rings. The Labute approximate surface area is 207 Å². The lowest BCUT2D eigenvalue weighted by atomic mass is 9.64. The minimum atomic E-state index is -1.37. The summed E-state index contributed by atoms with van der Waals surface area (Å²) < 4.78 is 19.4. The van der Waals surface area contributed by atoms with Crippen molar-refractivity contribution < 1.29 is 23.5 Å². The van der Waals surface area contributed by atoms with E-state index in [1.54, 1.807) is 42.5 Å². The summed E-state index contributed by atoms with van der Waals surface area (Å²) in [4.78, 5) is 43.5. The van der Waals surface area contributed by atoms with Crippen molar-refractivity contribution in [3.8, 4) is 5.75 Å². The third-order valence-electron chi connectivity index (χ3n) is 7.65. The molecule has 7 heteroatoms. The third kappa shape index (κ3) is 2.86. The van der Waals surface area contributed by atoms with Crippen molar-refractivity contribution in [2.75, 3.05) is 17.3 Å². The first-order chi connectivity index (χ1) is 17.4. The number of para-hydroxylation sites is 1. The largest absolute Gasteiger partial charge is 0.497 e. The zero-order valence-electron chi connectivity index (χ0n) is 19.7. The van der Waals surface area contributed by atoms with Crippen LogP contribution >= 0.6 is 0 Å². The number of nitrogens with one attached hydrogen (secondary N) is 1. The van der Waals surface area contributed by atoms with Crippen molar-refractivity contribution in [1.82, 2.24) is 0 Å². The second kappa shape index (κ2) is 7.88. The molecule has 6 rings (SSSR count). The fourth-order valence-corrected chi connectivity index (χ4v) is 6.26. The van der Waals surface area contributed by atoms with Crippen molar-refractivity contribution in [3.63, 3.8) is 0 Å². The maximum Gasteiger partial charge on any atom is 0.238 e. The lowest BCUT2D eigenvalue weighted by Crippen LogP contribution is -2.51. The Morgan fingerprint density at radius 3 is 2.64 bits per heavy atom. The topological polar surface area (TPSA) is 75.7 Å². The Hall–Kier alpha value is -4.26. The van der Waals surface area contributed by atoms with Crippen LogP contribution in [0.25, 0.3) is 6.08 Å². The van der Waals surface area contributed by atoms with Gasteiger partial charge in [-0.2, -0.15) is 0 Å². The molecule has 3 aliphatic rings. The highest BCUT2D eigenvalue weighted by Crippen LogP contribution is 2.57. The molecule has 1 amide bonds. The predicted molar refractivity (Wildman–Crippen MR) is 134 cm³/mol. The molecule has 3 aliphatic heterocycles. The van der Waals surface area contributed by atoms with Crippen molar-refractivity contribution in [2.24, 2.45) is 5.92 Å². The van der Waals surface area contributed by atoms with Crippen LogP contribution in [-0.4, -0.2) is 36.7 Å². The van der Waals surface area contributed by atoms with Crippen LogP contribution in [0.4, 0.5) is 15.8 Å². The van der Waals surface area contributed by atoms with E-state index in [9.17, 15) is 18.8 Å². The van der Waals surface area contributed by atoms with Gasteiger partial charge >= 0.3 is 0 Å². The number of rotatable bonds is 4. The van der Waals surface area contributed by atoms with Gasteiger partial charge in [-0.3, -0.25) is 14.4 Å². The van der Waals surface area contributed by atoms with Gasteiger partial charge in [-0.15, -0.1) is 0 Å². The summed E-state index contributed by atoms with van der Waals surface area (Å²) in [6.45, 7) is 1.44. The first-order valence-electron chi connectivity index (χ1n) is 11.7. The number of anilines is 2. The first-order valence-corrected chi connectivity index (χ1v) is 11.7. The lowest BCUT2D eigenvalue weighted by molar-refractivity contribution is -0.122. The number of ketones is 2. The summed E-state index contributed by atoms with van der Waals surface area (Å²) in [7, 11) is 1.51. The maximum absolute atomic E-state index is 14.4. The number of nitrogens with zero attached hydrogens (tertiary/aromatic N) is 1. The number of methoxy groups -OCH3 is 1. The second-order valence-electron chi connectivity index (χ2n) is 9.41. The highest BCUT2D eigenvalue weighted by Gasteiger charge is 2.69. The van der Waals surface area contributed by atoms with Gasteiger partial charge in [0.15, 0.2) is 11.6 Å². The van der Waals surface area contributed by atoms with E-state index < -0.39 is 29.2 Å². The summed E-state index contributed by atoms with van der Waals surface area (Å²) in [6, 6.07) is 16.8. The van der Waals surface area contributed by atoms with E-state index in [0.717, 1.165) is 0 Å². The van der Waals surface area contributed by atoms with E-state index >= 15 is 0 Å². The molecule has 1 spiro atoms. The zero-order chi connectivity index (χ0) is 25.2. The van der Waals surface area contributed by atoms with Crippen molar-refractivity contribution in [2.45, 2.75) is 24.4 Å². The van der Waals surface area contributed by atoms with Crippen LogP contribution < -0.4 is 15.0 Å². The van der Waals surface area contributed by atoms with E-state index in [1.165, 1.54) is 26.2 Å². The molecule has 1 fully saturated rings. The van der Waals surface area contributed by atoms with Crippen LogP contribution in [0, 0.1) is 11.7 Å². The van der Waals surface area contributed by atoms with Crippen molar-refractivity contribution in [1.29, 1.82) is 0 Å². The highest BCUT2D eigenvalue weighted by atomic mass is 19.1. The Morgan fingerprint density at radius 1 is 1.06 bits per heavy atom. The van der Waals surface area contributed by atoms with E-state index in [-0.39, 0.29) is 17.5 Å². The molecule has 3 heterocycles. The average molecular weight is 483 g/mol. The van der Waals surface area contributed by atoms with Gasteiger partial charge in [0.05, 0.1) is 25.1 Å². The molecule has 0 radical (unpaired) electrons. The standard InChI is InChI=1S/C29H23FN2O4/c1-16(33)26-25(27(34)18-6-5-7-20(15-18)36-2)29(21-8-3-4-9-22(21)31-28(29)35)24-13-10-17-14-19(30)11-12-23(17)32(24)26/h3-15,24-26H,1-2H3,(H,31,35)/t24-,25-,26-,29+/m0/s1. The monoisotopic (exact) mass is 482 g/mol. The Balaban J connectivity index is 1.65. The number of amides is 1. The normalized spacial score (nSPS) is 25.2. The number of benzene rings is 3. The van der Waals surface area contributed by atoms with Gasteiger partial charge in [0.25, 0.3) is 0 Å². The minimum absolute atomic E-state index is 0.249. The van der Waals surface area contributed by atoms with Crippen molar-refractivity contribution >= 4 is 34.9 Å². The van der Waals surface area contributed by atoms with E-state index in [4.69, 9.17) is 4.74 Å². The molecular weight excluding hydrogens is 459 g/mol. The number of hydrogen-bond acceptors (Lipinski definition) is 5. The summed E-state index contributed by atoms with van der Waals surface area (Å²) >= 11 is 0. The number of carbonyl (C=O) groups is 3. The summed E-state index contributed by atoms with van der Waals surface area (Å²) in [5.74, 6) is -1.84. The number of hydrogen-bond donors (Lipinski definition) is 1. The van der Waals surface area contributed by atoms with Crippen LogP contribution in [0.2, 0.25) is 0 Å². The second-order valence-corrected chi connectivity index (χ2v) is 9.41. The fraction of sp³-hybridized carbons (Fsp3) is 0.207. The highest BCUT2D eigenvalue weighted by molar-refractivity contribution is 6.16. The molecule has 0 bridgehead atoms. The SMILES string of the molecule is COc1cccc(C(=O)[C@@H]2[C@H](C(C)=O)N3c4ccc(F)cc4C=C[C@H]3[C@@]23C(=O)Nc2ccccc23)c1. The van der Waals surface area contributed by atoms with E-state index in [0.29, 0.717) is 33.8 Å². The van der Waals surface area contributed by atoms with Crippen LogP contribution in [0.5, 0.6) is 5.75 Å². The van der Waals surface area contributed by atoms with E-state index in [2.05, 4.69) is 5.32 Å². The molecule has 0 aromatic heterocycles. The minimum Gasteiger partial charge on any atom is -0.497 e. The molecule has 180 valence electrons. The summed E-state index contributed by atoms with van der Waals surface area (Å²) in [5, 5.41) is 2.97. The Morgan fingerprint density at radius 2 is 1.86 bits per heavy atom. The molecule has 3 aromatic carbocycles. The third-order valence-corrected chi connectivity index (χ3v) is 7.65. The molecule has 1 N–H and O–H groups in total. The Kier molecular flexibility index (Phi) is 4.86. The smallest absolute Gasteiger partial charge is 0.238 e. The number of ether oxygens (including phenoxy) is 1. The van der Waals surface area contributed by atoms with Crippen LogP contribution in [0.15, 0.2) is 72.8 Å².